The molecule has 0 fully saturated rings. The number of benzene rings is 1. The Morgan fingerprint density at radius 1 is 0.898 bits per heavy atom. The summed E-state index contributed by atoms with van der Waals surface area (Å²) in [6.45, 7) is 12.3. The van der Waals surface area contributed by atoms with E-state index >= 15 is 0 Å². The number of Topliss-reactive ketones (excluding diaryl/α,β-unsaturated/α-hetero) is 1. The van der Waals surface area contributed by atoms with Crippen LogP contribution >= 0.6 is 0 Å². The van der Waals surface area contributed by atoms with Gasteiger partial charge in [0.15, 0.2) is 5.78 Å². The fourth-order valence-corrected chi connectivity index (χ4v) is 5.08. The molecule has 1 rings (SSSR count). The number of likely N-dealkylation sites (N-methyl/N-ethyl adjacent to an activating group) is 2. The van der Waals surface area contributed by atoms with Crippen LogP contribution in [0, 0.1) is 17.3 Å². The molecule has 276 valence electrons. The van der Waals surface area contributed by atoms with Gasteiger partial charge in [0, 0.05) is 63.6 Å². The average Bonchev–Trinajstić information content (AvgIpc) is 3.03. The highest BCUT2D eigenvalue weighted by Crippen LogP contribution is 2.20. The molecule has 6 amide bonds. The summed E-state index contributed by atoms with van der Waals surface area (Å²) in [5.41, 5.74) is 5.86. The fourth-order valence-electron chi connectivity index (χ4n) is 5.08. The van der Waals surface area contributed by atoms with Crippen molar-refractivity contribution in [2.24, 2.45) is 23.0 Å². The maximum atomic E-state index is 13.4. The van der Waals surface area contributed by atoms with Crippen LogP contribution in [-0.2, 0) is 30.5 Å². The molecule has 0 radical (unpaired) electrons. The lowest BCUT2D eigenvalue weighted by Crippen LogP contribution is -2.45. The molecular weight excluding hydrogens is 628 g/mol. The summed E-state index contributed by atoms with van der Waals surface area (Å²) in [7, 11) is 3.31. The van der Waals surface area contributed by atoms with Crippen LogP contribution in [0.3, 0.4) is 0 Å². The molecule has 0 heterocycles. The second-order valence-corrected chi connectivity index (χ2v) is 14.0. The Balaban J connectivity index is 2.81. The van der Waals surface area contributed by atoms with Crippen LogP contribution in [0.4, 0.5) is 15.3 Å². The minimum atomic E-state index is -0.717. The van der Waals surface area contributed by atoms with Crippen molar-refractivity contribution in [3.63, 3.8) is 0 Å². The van der Waals surface area contributed by atoms with Crippen molar-refractivity contribution in [3.05, 3.63) is 29.8 Å². The molecule has 0 saturated carbocycles. The first kappa shape index (κ1) is 42.9. The third kappa shape index (κ3) is 17.2. The van der Waals surface area contributed by atoms with E-state index in [2.05, 4.69) is 22.9 Å². The first-order chi connectivity index (χ1) is 23.0. The van der Waals surface area contributed by atoms with Gasteiger partial charge in [-0.2, -0.15) is 0 Å². The Bertz CT molecular complexity index is 1230. The zero-order valence-corrected chi connectivity index (χ0v) is 30.9. The summed E-state index contributed by atoms with van der Waals surface area (Å²) in [5.74, 6) is -1.65. The predicted molar refractivity (Wildman–Crippen MR) is 190 cm³/mol. The van der Waals surface area contributed by atoms with Gasteiger partial charge < -0.3 is 36.2 Å². The number of hydrogen-bond donors (Lipinski definition) is 4. The lowest BCUT2D eigenvalue weighted by molar-refractivity contribution is -0.138. The van der Waals surface area contributed by atoms with Gasteiger partial charge in [-0.05, 0) is 42.9 Å². The van der Waals surface area contributed by atoms with Crippen molar-refractivity contribution in [1.82, 2.24) is 20.4 Å². The molecule has 1 aromatic rings. The molecule has 0 saturated heterocycles. The number of amides is 6. The minimum Gasteiger partial charge on any atom is -0.445 e. The molecule has 13 nitrogen and oxygen atoms in total. The van der Waals surface area contributed by atoms with Crippen LogP contribution < -0.4 is 21.7 Å². The number of carbonyl (C=O) groups excluding carboxylic acids is 6. The molecule has 5 N–H and O–H groups in total. The third-order valence-electron chi connectivity index (χ3n) is 8.09. The van der Waals surface area contributed by atoms with E-state index in [9.17, 15) is 28.8 Å². The van der Waals surface area contributed by atoms with E-state index < -0.39 is 29.5 Å². The van der Waals surface area contributed by atoms with Gasteiger partial charge in [0.2, 0.25) is 17.7 Å². The number of nitrogens with zero attached hydrogens (tertiary/aromatic N) is 2. The number of nitrogens with one attached hydrogen (secondary N) is 3. The molecule has 0 spiro atoms. The smallest absolute Gasteiger partial charge is 0.409 e. The second-order valence-electron chi connectivity index (χ2n) is 14.0. The summed E-state index contributed by atoms with van der Waals surface area (Å²) in [6.07, 6.45) is 4.30. The van der Waals surface area contributed by atoms with Gasteiger partial charge in [-0.15, -0.1) is 0 Å². The molecule has 0 aliphatic heterocycles. The Morgan fingerprint density at radius 2 is 1.53 bits per heavy atom. The van der Waals surface area contributed by atoms with Gasteiger partial charge >= 0.3 is 12.1 Å². The molecule has 0 bridgehead atoms. The van der Waals surface area contributed by atoms with Crippen LogP contribution in [0.2, 0.25) is 0 Å². The molecule has 49 heavy (non-hydrogen) atoms. The highest BCUT2D eigenvalue weighted by Gasteiger charge is 2.29. The maximum Gasteiger partial charge on any atom is 0.409 e. The number of rotatable bonds is 21. The van der Waals surface area contributed by atoms with Gasteiger partial charge in [0.05, 0.1) is 6.04 Å². The van der Waals surface area contributed by atoms with Gasteiger partial charge in [0.1, 0.15) is 6.61 Å². The Kier molecular flexibility index (Phi) is 19.0. The molecule has 0 aliphatic rings. The van der Waals surface area contributed by atoms with E-state index in [0.717, 1.165) is 25.7 Å². The van der Waals surface area contributed by atoms with Crippen molar-refractivity contribution < 1.29 is 33.5 Å². The van der Waals surface area contributed by atoms with Crippen LogP contribution in [0.1, 0.15) is 98.5 Å². The number of anilines is 1. The van der Waals surface area contributed by atoms with Gasteiger partial charge in [-0.1, -0.05) is 72.9 Å². The van der Waals surface area contributed by atoms with Gasteiger partial charge in [0.25, 0.3) is 0 Å². The molecule has 0 unspecified atom stereocenters. The first-order valence-corrected chi connectivity index (χ1v) is 17.3. The standard InChI is InChI=1S/C36H60N6O7/c1-9-10-11-12-15-30(44)40-31(25(2)3)29(43)23-27(14-13-20-38-34(37)47)32(45)39-28-18-16-26(17-19-28)24-49-35(48)42(8)22-21-41(7)33(46)36(4,5)6/h16-19,25,27,31H,9-15,20-24H2,1-8H3,(H,39,45)(H,40,44)(H3,37,38,47)/t27-,31+/m1/s1. The van der Waals surface area contributed by atoms with Crippen LogP contribution in [0.15, 0.2) is 24.3 Å². The number of ether oxygens (including phenoxy) is 1. The molecule has 2 atom stereocenters. The summed E-state index contributed by atoms with van der Waals surface area (Å²) in [5, 5.41) is 8.24. The zero-order chi connectivity index (χ0) is 37.1. The van der Waals surface area contributed by atoms with E-state index in [1.807, 2.05) is 34.6 Å². The Labute approximate surface area is 292 Å². The number of ketones is 1. The zero-order valence-electron chi connectivity index (χ0n) is 30.9. The molecule has 0 aliphatic carbocycles. The highest BCUT2D eigenvalue weighted by molar-refractivity contribution is 5.97. The normalized spacial score (nSPS) is 12.4. The maximum absolute atomic E-state index is 13.4. The van der Waals surface area contributed by atoms with Crippen molar-refractivity contribution in [2.75, 3.05) is 39.0 Å². The topological polar surface area (TPSA) is 180 Å². The Morgan fingerprint density at radius 3 is 2.10 bits per heavy atom. The SMILES string of the molecule is CCCCCCC(=O)N[C@H](C(=O)C[C@@H](CCCNC(N)=O)C(=O)Nc1ccc(COC(=O)N(C)CCN(C)C(=O)C(C)(C)C)cc1)C(C)C. The molecule has 1 aromatic carbocycles. The molecule has 0 aromatic heterocycles. The van der Waals surface area contributed by atoms with Crippen molar-refractivity contribution >= 4 is 41.3 Å². The molecular formula is C36H60N6O7. The number of carbonyl (C=O) groups is 6. The first-order valence-electron chi connectivity index (χ1n) is 17.3. The van der Waals surface area contributed by atoms with E-state index in [4.69, 9.17) is 10.5 Å². The largest absolute Gasteiger partial charge is 0.445 e. The Hall–Kier alpha value is -4.16. The number of hydrogen-bond acceptors (Lipinski definition) is 7. The lowest BCUT2D eigenvalue weighted by atomic mass is 9.89. The minimum absolute atomic E-state index is 0.0130. The number of unbranched alkanes of at least 4 members (excludes halogenated alkanes) is 3. The summed E-state index contributed by atoms with van der Waals surface area (Å²) in [6, 6.07) is 5.42. The van der Waals surface area contributed by atoms with E-state index in [1.165, 1.54) is 4.90 Å². The molecule has 13 heteroatoms. The van der Waals surface area contributed by atoms with Crippen LogP contribution in [-0.4, -0.2) is 85.2 Å². The van der Waals surface area contributed by atoms with Gasteiger partial charge in [-0.3, -0.25) is 19.2 Å². The predicted octanol–water partition coefficient (Wildman–Crippen LogP) is 4.83. The third-order valence-corrected chi connectivity index (χ3v) is 8.09. The number of nitrogens with two attached hydrogens (primary N) is 1. The van der Waals surface area contributed by atoms with E-state index in [0.29, 0.717) is 43.6 Å². The quantitative estimate of drug-likeness (QED) is 0.134. The summed E-state index contributed by atoms with van der Waals surface area (Å²) in [4.78, 5) is 78.4. The second kappa shape index (κ2) is 21.7. The summed E-state index contributed by atoms with van der Waals surface area (Å²) < 4.78 is 5.42. The van der Waals surface area contributed by atoms with Crippen molar-refractivity contribution in [2.45, 2.75) is 106 Å². The number of primary amides is 1. The lowest BCUT2D eigenvalue weighted by Gasteiger charge is -2.27. The van der Waals surface area contributed by atoms with Crippen molar-refractivity contribution in [1.29, 1.82) is 0 Å². The fraction of sp³-hybridized carbons (Fsp3) is 0.667. The van der Waals surface area contributed by atoms with Gasteiger partial charge in [-0.25, -0.2) is 9.59 Å². The summed E-state index contributed by atoms with van der Waals surface area (Å²) >= 11 is 0. The monoisotopic (exact) mass is 688 g/mol. The highest BCUT2D eigenvalue weighted by atomic mass is 16.6. The number of urea groups is 1. The van der Waals surface area contributed by atoms with E-state index in [-0.39, 0.29) is 49.0 Å². The van der Waals surface area contributed by atoms with Crippen LogP contribution in [0.5, 0.6) is 0 Å². The average molecular weight is 689 g/mol. The van der Waals surface area contributed by atoms with Crippen molar-refractivity contribution in [3.8, 4) is 0 Å². The van der Waals surface area contributed by atoms with Crippen LogP contribution in [0.25, 0.3) is 0 Å². The van der Waals surface area contributed by atoms with E-state index in [1.54, 1.807) is 43.3 Å².